The number of carbonyl (C=O) groups excluding carboxylic acids is 1. The van der Waals surface area contributed by atoms with Crippen molar-refractivity contribution in [1.29, 1.82) is 0 Å². The number of unbranched alkanes of at least 4 members (excludes halogenated alkanes) is 1. The van der Waals surface area contributed by atoms with Crippen LogP contribution < -0.4 is 15.2 Å². The number of hydrogen-bond acceptors (Lipinski definition) is 5. The summed E-state index contributed by atoms with van der Waals surface area (Å²) >= 11 is 1.82. The highest BCUT2D eigenvalue weighted by Gasteiger charge is 2.29. The Hall–Kier alpha value is -2.05. The summed E-state index contributed by atoms with van der Waals surface area (Å²) in [4.78, 5) is 16.3. The number of ether oxygens (including phenoxy) is 2. The molecule has 1 aliphatic heterocycles. The van der Waals surface area contributed by atoms with E-state index in [2.05, 4.69) is 24.4 Å². The molecule has 2 heterocycles. The molecule has 0 spiro atoms. The van der Waals surface area contributed by atoms with Gasteiger partial charge in [-0.3, -0.25) is 4.79 Å². The summed E-state index contributed by atoms with van der Waals surface area (Å²) in [6.45, 7) is 3.47. The molecule has 0 bridgehead atoms. The number of nitrogens with two attached hydrogens (primary N) is 1. The zero-order valence-corrected chi connectivity index (χ0v) is 18.5. The fourth-order valence-corrected chi connectivity index (χ4v) is 4.72. The van der Waals surface area contributed by atoms with E-state index in [0.29, 0.717) is 30.2 Å². The standard InChI is InChI=1S/C23H32N2O3S/c1-23(24,12-5-4-7-17-8-6-16-29-17)13-15-25-14-11-18-19(22(25)26)9-10-20(27-2)21(18)28-3/h6,8-10,16H,4-5,7,11-15,24H2,1-3H3. The number of carbonyl (C=O) groups is 1. The Labute approximate surface area is 177 Å². The van der Waals surface area contributed by atoms with Gasteiger partial charge in [0, 0.05) is 34.6 Å². The van der Waals surface area contributed by atoms with Gasteiger partial charge in [0.25, 0.3) is 5.91 Å². The van der Waals surface area contributed by atoms with Gasteiger partial charge < -0.3 is 20.1 Å². The molecule has 5 nitrogen and oxygen atoms in total. The van der Waals surface area contributed by atoms with Gasteiger partial charge in [-0.2, -0.15) is 0 Å². The first-order valence-corrected chi connectivity index (χ1v) is 11.2. The summed E-state index contributed by atoms with van der Waals surface area (Å²) in [7, 11) is 3.23. The van der Waals surface area contributed by atoms with Crippen LogP contribution in [0.4, 0.5) is 0 Å². The SMILES string of the molecule is COc1ccc2c(c1OC)CCN(CCC(C)(N)CCCCc1cccs1)C2=O. The third kappa shape index (κ3) is 5.31. The van der Waals surface area contributed by atoms with Gasteiger partial charge in [0.05, 0.1) is 14.2 Å². The highest BCUT2D eigenvalue weighted by Crippen LogP contribution is 2.36. The number of hydrogen-bond donors (Lipinski definition) is 1. The maximum atomic E-state index is 13.0. The minimum Gasteiger partial charge on any atom is -0.493 e. The average molecular weight is 417 g/mol. The van der Waals surface area contributed by atoms with Crippen molar-refractivity contribution in [3.8, 4) is 11.5 Å². The largest absolute Gasteiger partial charge is 0.493 e. The Bertz CT molecular complexity index is 818. The zero-order valence-electron chi connectivity index (χ0n) is 17.7. The van der Waals surface area contributed by atoms with Gasteiger partial charge in [0.1, 0.15) is 0 Å². The first kappa shape index (κ1) is 21.7. The molecule has 3 rings (SSSR count). The molecule has 0 radical (unpaired) electrons. The van der Waals surface area contributed by atoms with Crippen molar-refractivity contribution < 1.29 is 14.3 Å². The topological polar surface area (TPSA) is 64.8 Å². The van der Waals surface area contributed by atoms with E-state index < -0.39 is 0 Å². The number of methoxy groups -OCH3 is 2. The predicted molar refractivity (Wildman–Crippen MR) is 118 cm³/mol. The van der Waals surface area contributed by atoms with Gasteiger partial charge in [0.15, 0.2) is 11.5 Å². The second-order valence-electron chi connectivity index (χ2n) is 8.06. The van der Waals surface area contributed by atoms with Crippen molar-refractivity contribution in [1.82, 2.24) is 4.90 Å². The molecule has 1 aromatic heterocycles. The van der Waals surface area contributed by atoms with E-state index in [0.717, 1.165) is 44.1 Å². The van der Waals surface area contributed by atoms with Crippen molar-refractivity contribution in [2.45, 2.75) is 51.0 Å². The van der Waals surface area contributed by atoms with E-state index in [1.807, 2.05) is 22.3 Å². The highest BCUT2D eigenvalue weighted by molar-refractivity contribution is 7.09. The second kappa shape index (κ2) is 9.63. The molecule has 0 aliphatic carbocycles. The lowest BCUT2D eigenvalue weighted by Crippen LogP contribution is -2.44. The van der Waals surface area contributed by atoms with E-state index in [1.54, 1.807) is 20.3 Å². The molecular formula is C23H32N2O3S. The zero-order chi connectivity index (χ0) is 20.9. The first-order valence-electron chi connectivity index (χ1n) is 10.3. The van der Waals surface area contributed by atoms with E-state index in [1.165, 1.54) is 4.88 Å². The minimum atomic E-state index is -0.256. The lowest BCUT2D eigenvalue weighted by Gasteiger charge is -2.33. The van der Waals surface area contributed by atoms with Crippen LogP contribution in [0, 0.1) is 0 Å². The van der Waals surface area contributed by atoms with Crippen LogP contribution in [0.1, 0.15) is 53.4 Å². The summed E-state index contributed by atoms with van der Waals surface area (Å²) in [6, 6.07) is 7.94. The normalized spacial score (nSPS) is 15.7. The Morgan fingerprint density at radius 3 is 2.69 bits per heavy atom. The number of benzene rings is 1. The molecular weight excluding hydrogens is 384 g/mol. The van der Waals surface area contributed by atoms with Gasteiger partial charge in [-0.1, -0.05) is 12.5 Å². The van der Waals surface area contributed by atoms with Crippen LogP contribution in [-0.4, -0.2) is 43.7 Å². The third-order valence-corrected chi connectivity index (χ3v) is 6.69. The van der Waals surface area contributed by atoms with E-state index in [-0.39, 0.29) is 11.4 Å². The van der Waals surface area contributed by atoms with Gasteiger partial charge in [-0.15, -0.1) is 11.3 Å². The predicted octanol–water partition coefficient (Wildman–Crippen LogP) is 4.28. The van der Waals surface area contributed by atoms with Crippen LogP contribution in [0.15, 0.2) is 29.6 Å². The molecule has 2 aromatic rings. The van der Waals surface area contributed by atoms with Crippen LogP contribution >= 0.6 is 11.3 Å². The van der Waals surface area contributed by atoms with Crippen molar-refractivity contribution in [2.24, 2.45) is 5.73 Å². The van der Waals surface area contributed by atoms with Crippen LogP contribution in [0.2, 0.25) is 0 Å². The highest BCUT2D eigenvalue weighted by atomic mass is 32.1. The molecule has 1 aromatic carbocycles. The molecule has 6 heteroatoms. The van der Waals surface area contributed by atoms with Crippen molar-refractivity contribution in [3.63, 3.8) is 0 Å². The Morgan fingerprint density at radius 1 is 1.17 bits per heavy atom. The number of aryl methyl sites for hydroxylation is 1. The van der Waals surface area contributed by atoms with E-state index in [4.69, 9.17) is 15.2 Å². The van der Waals surface area contributed by atoms with Gasteiger partial charge >= 0.3 is 0 Å². The lowest BCUT2D eigenvalue weighted by molar-refractivity contribution is 0.0725. The Kier molecular flexibility index (Phi) is 7.19. The number of nitrogens with zero attached hydrogens (tertiary/aromatic N) is 1. The average Bonchev–Trinajstić information content (AvgIpc) is 3.23. The lowest BCUT2D eigenvalue weighted by atomic mass is 9.90. The molecule has 0 saturated carbocycles. The third-order valence-electron chi connectivity index (χ3n) is 5.75. The number of amides is 1. The Balaban J connectivity index is 1.52. The fourth-order valence-electron chi connectivity index (χ4n) is 3.97. The van der Waals surface area contributed by atoms with Gasteiger partial charge in [-0.05, 0) is 62.6 Å². The maximum Gasteiger partial charge on any atom is 0.254 e. The summed E-state index contributed by atoms with van der Waals surface area (Å²) in [5.41, 5.74) is 7.94. The van der Waals surface area contributed by atoms with Crippen LogP contribution in [-0.2, 0) is 12.8 Å². The molecule has 2 N–H and O–H groups in total. The quantitative estimate of drug-likeness (QED) is 0.587. The smallest absolute Gasteiger partial charge is 0.254 e. The van der Waals surface area contributed by atoms with E-state index >= 15 is 0 Å². The molecule has 29 heavy (non-hydrogen) atoms. The molecule has 1 aliphatic rings. The molecule has 158 valence electrons. The van der Waals surface area contributed by atoms with Crippen molar-refractivity contribution in [3.05, 3.63) is 45.6 Å². The van der Waals surface area contributed by atoms with Crippen LogP contribution in [0.3, 0.4) is 0 Å². The number of fused-ring (bicyclic) bond motifs is 1. The van der Waals surface area contributed by atoms with Gasteiger partial charge in [0.2, 0.25) is 0 Å². The fraction of sp³-hybridized carbons (Fsp3) is 0.522. The molecule has 1 unspecified atom stereocenters. The minimum absolute atomic E-state index is 0.0562. The Morgan fingerprint density at radius 2 is 2.00 bits per heavy atom. The second-order valence-corrected chi connectivity index (χ2v) is 9.09. The van der Waals surface area contributed by atoms with E-state index in [9.17, 15) is 4.79 Å². The van der Waals surface area contributed by atoms with Crippen LogP contribution in [0.5, 0.6) is 11.5 Å². The maximum absolute atomic E-state index is 13.0. The molecule has 0 fully saturated rings. The van der Waals surface area contributed by atoms with Crippen molar-refractivity contribution >= 4 is 17.2 Å². The molecule has 1 amide bonds. The van der Waals surface area contributed by atoms with Crippen molar-refractivity contribution in [2.75, 3.05) is 27.3 Å². The summed E-state index contributed by atoms with van der Waals surface area (Å²) in [6.07, 6.45) is 5.94. The summed E-state index contributed by atoms with van der Waals surface area (Å²) < 4.78 is 10.9. The molecule has 1 atom stereocenters. The van der Waals surface area contributed by atoms with Crippen LogP contribution in [0.25, 0.3) is 0 Å². The first-order chi connectivity index (χ1) is 13.9. The van der Waals surface area contributed by atoms with Gasteiger partial charge in [-0.25, -0.2) is 0 Å². The summed E-state index contributed by atoms with van der Waals surface area (Å²) in [5, 5.41) is 2.13. The number of rotatable bonds is 10. The molecule has 0 saturated heterocycles. The summed E-state index contributed by atoms with van der Waals surface area (Å²) in [5.74, 6) is 1.40. The number of thiophene rings is 1. The monoisotopic (exact) mass is 416 g/mol.